The summed E-state index contributed by atoms with van der Waals surface area (Å²) in [4.78, 5) is 70.1. The number of nitrogens with two attached hydrogens (primary N) is 1. The maximum atomic E-state index is 14.1. The SMILES string of the molecule is CN(C)c1cc(-c2ccccc2)c(O)c2c1C[C@H]1C[C@H]3[C@H](N(C)C)C(=O)C(C(N)=O)C(=O)[C@@]3(O)C(=O)C1C2=O. The van der Waals surface area contributed by atoms with Crippen LogP contribution in [0.1, 0.15) is 22.3 Å². The number of fused-ring (bicyclic) bond motifs is 3. The monoisotopic (exact) mass is 533 g/mol. The van der Waals surface area contributed by atoms with Crippen molar-refractivity contribution in [2.45, 2.75) is 24.5 Å². The zero-order chi connectivity index (χ0) is 28.5. The molecule has 0 aromatic heterocycles. The molecule has 5 rings (SSSR count). The van der Waals surface area contributed by atoms with Crippen LogP contribution in [0.2, 0.25) is 0 Å². The number of carbonyl (C=O) groups excluding carboxylic acids is 5. The van der Waals surface area contributed by atoms with Gasteiger partial charge in [-0.2, -0.15) is 0 Å². The lowest BCUT2D eigenvalue weighted by molar-refractivity contribution is -0.181. The summed E-state index contributed by atoms with van der Waals surface area (Å²) in [7, 11) is 6.74. The summed E-state index contributed by atoms with van der Waals surface area (Å²) in [6.07, 6.45) is 0.222. The van der Waals surface area contributed by atoms with Crippen molar-refractivity contribution in [2.24, 2.45) is 29.4 Å². The first-order valence-electron chi connectivity index (χ1n) is 12.8. The Labute approximate surface area is 225 Å². The number of benzene rings is 2. The molecule has 10 nitrogen and oxygen atoms in total. The van der Waals surface area contributed by atoms with E-state index in [1.165, 1.54) is 4.90 Å². The number of ketones is 4. The molecule has 1 amide bonds. The van der Waals surface area contributed by atoms with E-state index in [4.69, 9.17) is 5.73 Å². The van der Waals surface area contributed by atoms with Crippen LogP contribution in [0.15, 0.2) is 36.4 Å². The highest BCUT2D eigenvalue weighted by atomic mass is 16.3. The van der Waals surface area contributed by atoms with Crippen molar-refractivity contribution in [3.8, 4) is 16.9 Å². The average Bonchev–Trinajstić information content (AvgIpc) is 2.86. The molecule has 2 unspecified atom stereocenters. The third kappa shape index (κ3) is 3.65. The molecule has 0 heterocycles. The van der Waals surface area contributed by atoms with Gasteiger partial charge in [0.15, 0.2) is 34.7 Å². The highest BCUT2D eigenvalue weighted by Gasteiger charge is 2.69. The topological polar surface area (TPSA) is 158 Å². The molecule has 6 atom stereocenters. The van der Waals surface area contributed by atoms with E-state index in [0.29, 0.717) is 22.4 Å². The maximum absolute atomic E-state index is 14.1. The third-order valence-corrected chi connectivity index (χ3v) is 8.60. The van der Waals surface area contributed by atoms with E-state index >= 15 is 0 Å². The van der Waals surface area contributed by atoms with Gasteiger partial charge in [0.05, 0.1) is 17.5 Å². The fourth-order valence-electron chi connectivity index (χ4n) is 6.89. The number of rotatable bonds is 4. The van der Waals surface area contributed by atoms with Gasteiger partial charge in [-0.05, 0) is 50.0 Å². The molecule has 204 valence electrons. The average molecular weight is 534 g/mol. The summed E-state index contributed by atoms with van der Waals surface area (Å²) in [5, 5.41) is 23.1. The zero-order valence-electron chi connectivity index (χ0n) is 22.2. The number of Topliss-reactive ketones (excluding diaryl/α,β-unsaturated/α-hetero) is 4. The van der Waals surface area contributed by atoms with Crippen molar-refractivity contribution in [1.29, 1.82) is 0 Å². The number of primary amides is 1. The second-order valence-corrected chi connectivity index (χ2v) is 11.2. The molecule has 2 fully saturated rings. The standard InChI is InChI=1S/C29H31N3O7/c1-31(2)18-12-15(13-8-6-5-7-9-13)23(33)20-16(18)10-14-11-17-22(32(3)4)25(35)21(28(30)38)27(37)29(17,39)26(36)19(14)24(20)34/h5-9,12,14,17,19,21-22,33,39H,10-11H2,1-4H3,(H2,30,38)/t14-,17-,19?,21?,22-,29-/m0/s1. The number of anilines is 1. The maximum Gasteiger partial charge on any atom is 0.235 e. The van der Waals surface area contributed by atoms with Gasteiger partial charge in [-0.25, -0.2) is 0 Å². The first-order valence-corrected chi connectivity index (χ1v) is 12.8. The Balaban J connectivity index is 1.69. The van der Waals surface area contributed by atoms with Crippen molar-refractivity contribution in [1.82, 2.24) is 4.90 Å². The Morgan fingerprint density at radius 2 is 1.67 bits per heavy atom. The molecule has 0 radical (unpaired) electrons. The second-order valence-electron chi connectivity index (χ2n) is 11.2. The van der Waals surface area contributed by atoms with Crippen LogP contribution in [-0.4, -0.2) is 84.0 Å². The lowest BCUT2D eigenvalue weighted by Gasteiger charge is -2.52. The molecule has 0 saturated heterocycles. The lowest BCUT2D eigenvalue weighted by Crippen LogP contribution is -2.74. The van der Waals surface area contributed by atoms with E-state index in [9.17, 15) is 34.2 Å². The molecule has 3 aliphatic carbocycles. The van der Waals surface area contributed by atoms with Crippen LogP contribution in [0.4, 0.5) is 5.69 Å². The fraction of sp³-hybridized carbons (Fsp3) is 0.414. The molecule has 0 aliphatic heterocycles. The predicted molar refractivity (Wildman–Crippen MR) is 141 cm³/mol. The molecule has 3 aliphatic rings. The van der Waals surface area contributed by atoms with E-state index in [-0.39, 0.29) is 24.2 Å². The van der Waals surface area contributed by atoms with E-state index in [0.717, 1.165) is 0 Å². The van der Waals surface area contributed by atoms with Crippen LogP contribution in [0.5, 0.6) is 5.75 Å². The molecular formula is C29H31N3O7. The normalized spacial score (nSPS) is 30.1. The van der Waals surface area contributed by atoms with Gasteiger partial charge >= 0.3 is 0 Å². The summed E-state index contributed by atoms with van der Waals surface area (Å²) in [6, 6.07) is 9.67. The van der Waals surface area contributed by atoms with Gasteiger partial charge in [-0.15, -0.1) is 0 Å². The van der Waals surface area contributed by atoms with Crippen LogP contribution < -0.4 is 10.6 Å². The number of phenols is 1. The van der Waals surface area contributed by atoms with Crippen molar-refractivity contribution in [3.63, 3.8) is 0 Å². The highest BCUT2D eigenvalue weighted by Crippen LogP contribution is 2.53. The quantitative estimate of drug-likeness (QED) is 0.479. The molecule has 2 aromatic rings. The minimum absolute atomic E-state index is 0.0119. The number of phenolic OH excluding ortho intramolecular Hbond substituents is 1. The molecule has 0 spiro atoms. The number of hydrogen-bond donors (Lipinski definition) is 3. The minimum Gasteiger partial charge on any atom is -0.507 e. The Bertz CT molecular complexity index is 1430. The number of hydrogen-bond acceptors (Lipinski definition) is 9. The van der Waals surface area contributed by atoms with Crippen LogP contribution in [0, 0.1) is 23.7 Å². The van der Waals surface area contributed by atoms with Crippen LogP contribution in [0.25, 0.3) is 11.1 Å². The third-order valence-electron chi connectivity index (χ3n) is 8.60. The minimum atomic E-state index is -2.74. The first-order chi connectivity index (χ1) is 18.3. The molecule has 2 aromatic carbocycles. The summed E-state index contributed by atoms with van der Waals surface area (Å²) in [5.41, 5.74) is 4.94. The zero-order valence-corrected chi connectivity index (χ0v) is 22.2. The largest absolute Gasteiger partial charge is 0.507 e. The molecular weight excluding hydrogens is 502 g/mol. The number of carbonyl (C=O) groups is 5. The van der Waals surface area contributed by atoms with Gasteiger partial charge in [-0.3, -0.25) is 28.9 Å². The predicted octanol–water partition coefficient (Wildman–Crippen LogP) is 0.600. The van der Waals surface area contributed by atoms with Crippen molar-refractivity contribution < 1.29 is 34.2 Å². The van der Waals surface area contributed by atoms with E-state index in [2.05, 4.69) is 0 Å². The van der Waals surface area contributed by atoms with Crippen molar-refractivity contribution >= 4 is 34.7 Å². The number of likely N-dealkylation sites (N-methyl/N-ethyl adjacent to an activating group) is 1. The van der Waals surface area contributed by atoms with E-state index in [1.54, 1.807) is 44.4 Å². The molecule has 39 heavy (non-hydrogen) atoms. The Morgan fingerprint density at radius 1 is 1.03 bits per heavy atom. The van der Waals surface area contributed by atoms with Gasteiger partial charge in [0, 0.05) is 31.3 Å². The smallest absolute Gasteiger partial charge is 0.235 e. The van der Waals surface area contributed by atoms with E-state index in [1.807, 2.05) is 25.1 Å². The van der Waals surface area contributed by atoms with E-state index < -0.39 is 64.4 Å². The molecule has 4 N–H and O–H groups in total. The van der Waals surface area contributed by atoms with Gasteiger partial charge in [0.25, 0.3) is 0 Å². The Kier molecular flexibility index (Phi) is 6.23. The van der Waals surface area contributed by atoms with Gasteiger partial charge in [0.1, 0.15) is 5.75 Å². The van der Waals surface area contributed by atoms with Crippen LogP contribution in [-0.2, 0) is 25.6 Å². The van der Waals surface area contributed by atoms with Crippen LogP contribution >= 0.6 is 0 Å². The second kappa shape index (κ2) is 9.10. The van der Waals surface area contributed by atoms with Crippen LogP contribution in [0.3, 0.4) is 0 Å². The lowest BCUT2D eigenvalue weighted by atomic mass is 9.52. The Hall–Kier alpha value is -3.89. The summed E-state index contributed by atoms with van der Waals surface area (Å²) in [6.45, 7) is 0. The fourth-order valence-corrected chi connectivity index (χ4v) is 6.89. The number of aromatic hydroxyl groups is 1. The number of amides is 1. The number of nitrogens with zero attached hydrogens (tertiary/aromatic N) is 2. The van der Waals surface area contributed by atoms with Gasteiger partial charge in [-0.1, -0.05) is 30.3 Å². The van der Waals surface area contributed by atoms with Crippen molar-refractivity contribution in [2.75, 3.05) is 33.1 Å². The molecule has 10 heteroatoms. The first kappa shape index (κ1) is 26.7. The summed E-state index contributed by atoms with van der Waals surface area (Å²) >= 11 is 0. The summed E-state index contributed by atoms with van der Waals surface area (Å²) < 4.78 is 0. The highest BCUT2D eigenvalue weighted by molar-refractivity contribution is 6.32. The summed E-state index contributed by atoms with van der Waals surface area (Å²) in [5.74, 6) is -10.5. The van der Waals surface area contributed by atoms with Gasteiger partial charge in [0.2, 0.25) is 5.91 Å². The van der Waals surface area contributed by atoms with Crippen molar-refractivity contribution in [3.05, 3.63) is 47.5 Å². The number of aliphatic hydroxyl groups is 1. The molecule has 0 bridgehead atoms. The Morgan fingerprint density at radius 3 is 2.23 bits per heavy atom. The van der Waals surface area contributed by atoms with Gasteiger partial charge < -0.3 is 20.8 Å². The molecule has 2 saturated carbocycles.